The summed E-state index contributed by atoms with van der Waals surface area (Å²) >= 11 is 5.89. The van der Waals surface area contributed by atoms with Gasteiger partial charge in [0.1, 0.15) is 0 Å². The highest BCUT2D eigenvalue weighted by atomic mass is 35.5. The number of allylic oxidation sites excluding steroid dienone is 1. The van der Waals surface area contributed by atoms with Gasteiger partial charge in [-0.2, -0.15) is 0 Å². The van der Waals surface area contributed by atoms with Crippen LogP contribution < -0.4 is 0 Å². The molecule has 0 radical (unpaired) electrons. The van der Waals surface area contributed by atoms with Crippen molar-refractivity contribution in [2.24, 2.45) is 5.41 Å². The molecule has 0 atom stereocenters. The van der Waals surface area contributed by atoms with Gasteiger partial charge in [0.2, 0.25) is 0 Å². The van der Waals surface area contributed by atoms with Crippen molar-refractivity contribution in [2.75, 3.05) is 6.61 Å². The van der Waals surface area contributed by atoms with Gasteiger partial charge in [-0.15, -0.1) is 5.73 Å². The van der Waals surface area contributed by atoms with Crippen LogP contribution >= 0.6 is 11.6 Å². The number of carbonyl (C=O) groups is 2. The monoisotopic (exact) mass is 486 g/mol. The Bertz CT molecular complexity index is 1230. The number of carbonyl (C=O) groups excluding carboxylic acids is 2. The third-order valence-corrected chi connectivity index (χ3v) is 6.07. The van der Waals surface area contributed by atoms with Crippen molar-refractivity contribution in [1.29, 1.82) is 0 Å². The molecule has 3 nitrogen and oxygen atoms in total. The van der Waals surface area contributed by atoms with E-state index in [0.29, 0.717) is 22.8 Å². The molecule has 0 N–H and O–H groups in total. The van der Waals surface area contributed by atoms with Gasteiger partial charge in [0.15, 0.2) is 5.78 Å². The van der Waals surface area contributed by atoms with Crippen LogP contribution in [0.2, 0.25) is 5.02 Å². The van der Waals surface area contributed by atoms with Crippen LogP contribution in [0.3, 0.4) is 0 Å². The first kappa shape index (κ1) is 26.2. The lowest BCUT2D eigenvalue weighted by Gasteiger charge is -2.24. The Balaban J connectivity index is 1.76. The molecule has 0 bridgehead atoms. The van der Waals surface area contributed by atoms with E-state index in [1.807, 2.05) is 42.5 Å². The second kappa shape index (κ2) is 11.8. The molecule has 0 aliphatic heterocycles. The molecular weight excluding hydrogens is 456 g/mol. The molecule has 0 aliphatic rings. The zero-order valence-electron chi connectivity index (χ0n) is 20.7. The van der Waals surface area contributed by atoms with E-state index < -0.39 is 0 Å². The van der Waals surface area contributed by atoms with Gasteiger partial charge < -0.3 is 4.74 Å². The van der Waals surface area contributed by atoms with Gasteiger partial charge in [0.05, 0.1) is 12.2 Å². The fraction of sp³-hybridized carbons (Fsp3) is 0.258. The number of hydrogen-bond acceptors (Lipinski definition) is 3. The summed E-state index contributed by atoms with van der Waals surface area (Å²) in [6.45, 7) is 8.32. The SMILES string of the molecule is CC(=O)c1ccc(C(=C=C(C)CC(C)(C)CCOC(=O)c2ccc(Cl)cc2)c2ccccc2)cc1. The zero-order chi connectivity index (χ0) is 25.4. The van der Waals surface area contributed by atoms with Gasteiger partial charge in [-0.1, -0.05) is 80.0 Å². The maximum atomic E-state index is 12.3. The van der Waals surface area contributed by atoms with Crippen molar-refractivity contribution in [1.82, 2.24) is 0 Å². The van der Waals surface area contributed by atoms with E-state index in [4.69, 9.17) is 16.3 Å². The summed E-state index contributed by atoms with van der Waals surface area (Å²) in [7, 11) is 0. The number of esters is 1. The smallest absolute Gasteiger partial charge is 0.338 e. The van der Waals surface area contributed by atoms with Crippen molar-refractivity contribution in [3.05, 3.63) is 117 Å². The Morgan fingerprint density at radius 1 is 0.800 bits per heavy atom. The van der Waals surface area contributed by atoms with E-state index in [0.717, 1.165) is 35.1 Å². The highest BCUT2D eigenvalue weighted by Crippen LogP contribution is 2.30. The Morgan fingerprint density at radius 3 is 1.94 bits per heavy atom. The summed E-state index contributed by atoms with van der Waals surface area (Å²) in [6.07, 6.45) is 1.52. The summed E-state index contributed by atoms with van der Waals surface area (Å²) in [5, 5.41) is 0.586. The van der Waals surface area contributed by atoms with Crippen molar-refractivity contribution in [2.45, 2.75) is 40.5 Å². The van der Waals surface area contributed by atoms with Crippen molar-refractivity contribution in [3.8, 4) is 0 Å². The quantitative estimate of drug-likeness (QED) is 0.174. The molecule has 0 amide bonds. The van der Waals surface area contributed by atoms with Crippen molar-refractivity contribution in [3.63, 3.8) is 0 Å². The van der Waals surface area contributed by atoms with Gasteiger partial charge in [0.25, 0.3) is 0 Å². The molecule has 0 saturated heterocycles. The molecule has 0 fully saturated rings. The van der Waals surface area contributed by atoms with Crippen LogP contribution in [-0.4, -0.2) is 18.4 Å². The van der Waals surface area contributed by atoms with Crippen molar-refractivity contribution < 1.29 is 14.3 Å². The summed E-state index contributed by atoms with van der Waals surface area (Å²) in [5.41, 5.74) is 8.88. The van der Waals surface area contributed by atoms with Gasteiger partial charge in [-0.3, -0.25) is 4.79 Å². The minimum atomic E-state index is -0.343. The predicted octanol–water partition coefficient (Wildman–Crippen LogP) is 8.18. The third-order valence-electron chi connectivity index (χ3n) is 5.82. The molecule has 0 saturated carbocycles. The molecule has 0 spiro atoms. The minimum Gasteiger partial charge on any atom is -0.462 e. The van der Waals surface area contributed by atoms with Gasteiger partial charge in [-0.05, 0) is 73.1 Å². The fourth-order valence-corrected chi connectivity index (χ4v) is 4.07. The normalized spacial score (nSPS) is 10.9. The number of benzene rings is 3. The summed E-state index contributed by atoms with van der Waals surface area (Å²) < 4.78 is 5.49. The topological polar surface area (TPSA) is 43.4 Å². The number of halogens is 1. The van der Waals surface area contributed by atoms with Crippen LogP contribution in [0.4, 0.5) is 0 Å². The van der Waals surface area contributed by atoms with Crippen molar-refractivity contribution >= 4 is 28.9 Å². The molecule has 0 aliphatic carbocycles. The fourth-order valence-electron chi connectivity index (χ4n) is 3.94. The van der Waals surface area contributed by atoms with E-state index in [1.54, 1.807) is 31.2 Å². The van der Waals surface area contributed by atoms with Crippen LogP contribution in [0.15, 0.2) is 90.2 Å². The molecular formula is C31H31ClO3. The summed E-state index contributed by atoms with van der Waals surface area (Å²) in [4.78, 5) is 24.0. The van der Waals surface area contributed by atoms with Gasteiger partial charge in [0, 0.05) is 16.2 Å². The first-order valence-electron chi connectivity index (χ1n) is 11.7. The second-order valence-corrected chi connectivity index (χ2v) is 9.95. The van der Waals surface area contributed by atoms with Crippen LogP contribution in [0.25, 0.3) is 5.57 Å². The predicted molar refractivity (Wildman–Crippen MR) is 143 cm³/mol. The largest absolute Gasteiger partial charge is 0.462 e. The van der Waals surface area contributed by atoms with E-state index in [1.165, 1.54) is 0 Å². The molecule has 3 aromatic rings. The Kier molecular flexibility index (Phi) is 8.87. The number of hydrogen-bond donors (Lipinski definition) is 0. The number of rotatable bonds is 9. The van der Waals surface area contributed by atoms with Gasteiger partial charge >= 0.3 is 5.97 Å². The average Bonchev–Trinajstić information content (AvgIpc) is 2.83. The van der Waals surface area contributed by atoms with E-state index in [-0.39, 0.29) is 17.2 Å². The molecule has 180 valence electrons. The first-order chi connectivity index (χ1) is 16.6. The molecule has 0 aromatic heterocycles. The molecule has 35 heavy (non-hydrogen) atoms. The van der Waals surface area contributed by atoms with Crippen LogP contribution in [0, 0.1) is 5.41 Å². The van der Waals surface area contributed by atoms with Gasteiger partial charge in [-0.25, -0.2) is 4.79 Å². The third kappa shape index (κ3) is 7.82. The lowest BCUT2D eigenvalue weighted by molar-refractivity contribution is 0.0458. The molecule has 4 heteroatoms. The highest BCUT2D eigenvalue weighted by molar-refractivity contribution is 6.30. The summed E-state index contributed by atoms with van der Waals surface area (Å²) in [6, 6.07) is 24.5. The molecule has 0 unspecified atom stereocenters. The standard InChI is InChI=1S/C31H31ClO3/c1-22(21-31(3,4)18-19-35-30(34)27-14-16-28(32)17-15-27)20-29(25-8-6-5-7-9-25)26-12-10-24(11-13-26)23(2)33/h5-17H,18-19,21H2,1-4H3. The zero-order valence-corrected chi connectivity index (χ0v) is 21.5. The molecule has 0 heterocycles. The summed E-state index contributed by atoms with van der Waals surface area (Å²) in [5.74, 6) is -0.294. The maximum absolute atomic E-state index is 12.3. The van der Waals surface area contributed by atoms with E-state index in [9.17, 15) is 9.59 Å². The van der Waals surface area contributed by atoms with Crippen LogP contribution in [-0.2, 0) is 4.74 Å². The Hall–Kier alpha value is -3.39. The van der Waals surface area contributed by atoms with Crippen LogP contribution in [0.5, 0.6) is 0 Å². The highest BCUT2D eigenvalue weighted by Gasteiger charge is 2.20. The molecule has 3 aromatic carbocycles. The average molecular weight is 487 g/mol. The van der Waals surface area contributed by atoms with E-state index >= 15 is 0 Å². The number of ether oxygens (including phenoxy) is 1. The number of ketones is 1. The Labute approximate surface area is 213 Å². The van der Waals surface area contributed by atoms with E-state index in [2.05, 4.69) is 38.6 Å². The minimum absolute atomic E-state index is 0.0482. The lowest BCUT2D eigenvalue weighted by Crippen LogP contribution is -2.17. The molecule has 3 rings (SSSR count). The maximum Gasteiger partial charge on any atom is 0.338 e. The Morgan fingerprint density at radius 2 is 1.34 bits per heavy atom. The number of Topliss-reactive ketones (excluding diaryl/α,β-unsaturated/α-hetero) is 1. The second-order valence-electron chi connectivity index (χ2n) is 9.51. The lowest BCUT2D eigenvalue weighted by atomic mass is 9.83. The first-order valence-corrected chi connectivity index (χ1v) is 12.1. The van der Waals surface area contributed by atoms with Crippen LogP contribution in [0.1, 0.15) is 72.4 Å².